The zero-order chi connectivity index (χ0) is 8.39. The summed E-state index contributed by atoms with van der Waals surface area (Å²) >= 11 is 0. The van der Waals surface area contributed by atoms with Gasteiger partial charge >= 0.3 is 0 Å². The molecule has 0 aromatic carbocycles. The van der Waals surface area contributed by atoms with Crippen molar-refractivity contribution in [1.82, 2.24) is 10.1 Å². The Morgan fingerprint density at radius 1 is 1.25 bits per heavy atom. The molecule has 0 spiro atoms. The summed E-state index contributed by atoms with van der Waals surface area (Å²) in [5, 5.41) is 3.58. The zero-order valence-corrected chi connectivity index (χ0v) is 6.27. The van der Waals surface area contributed by atoms with Gasteiger partial charge in [0.15, 0.2) is 0 Å². The summed E-state index contributed by atoms with van der Waals surface area (Å²) < 4.78 is 4.73. The molecule has 2 heterocycles. The number of anilines is 1. The molecule has 4 nitrogen and oxygen atoms in total. The van der Waals surface area contributed by atoms with Crippen LogP contribution in [0.25, 0.3) is 11.1 Å². The molecule has 0 radical (unpaired) electrons. The maximum Gasteiger partial charge on any atom is 0.229 e. The van der Waals surface area contributed by atoms with Gasteiger partial charge in [-0.3, -0.25) is 4.98 Å². The molecule has 2 rings (SSSR count). The van der Waals surface area contributed by atoms with E-state index < -0.39 is 0 Å². The number of pyridine rings is 1. The summed E-state index contributed by atoms with van der Waals surface area (Å²) in [6, 6.07) is 3.70. The van der Waals surface area contributed by atoms with Crippen LogP contribution in [0.2, 0.25) is 0 Å². The minimum Gasteiger partial charge on any atom is -0.367 e. The molecule has 0 unspecified atom stereocenters. The predicted octanol–water partition coefficient (Wildman–Crippen LogP) is 1.32. The Kier molecular flexibility index (Phi) is 1.51. The van der Waals surface area contributed by atoms with Gasteiger partial charge in [0.1, 0.15) is 0 Å². The van der Waals surface area contributed by atoms with Crippen LogP contribution in [0.4, 0.5) is 5.88 Å². The summed E-state index contributed by atoms with van der Waals surface area (Å²) in [4.78, 5) is 3.89. The highest BCUT2D eigenvalue weighted by molar-refractivity contribution is 5.71. The highest BCUT2D eigenvalue weighted by atomic mass is 16.5. The predicted molar refractivity (Wildman–Crippen MR) is 44.1 cm³/mol. The van der Waals surface area contributed by atoms with Gasteiger partial charge in [-0.1, -0.05) is 5.16 Å². The van der Waals surface area contributed by atoms with Crippen molar-refractivity contribution in [1.29, 1.82) is 0 Å². The van der Waals surface area contributed by atoms with Gasteiger partial charge in [-0.2, -0.15) is 0 Å². The van der Waals surface area contributed by atoms with Crippen LogP contribution >= 0.6 is 0 Å². The van der Waals surface area contributed by atoms with E-state index in [0.717, 1.165) is 11.1 Å². The van der Waals surface area contributed by atoms with E-state index >= 15 is 0 Å². The standard InChI is InChI=1S/C8H7N3O/c9-8-7(5-11-12-8)6-1-3-10-4-2-6/h1-5H,9H2. The number of rotatable bonds is 1. The smallest absolute Gasteiger partial charge is 0.229 e. The fourth-order valence-corrected chi connectivity index (χ4v) is 0.997. The first-order chi connectivity index (χ1) is 5.88. The van der Waals surface area contributed by atoms with Crippen molar-refractivity contribution in [2.75, 3.05) is 5.73 Å². The van der Waals surface area contributed by atoms with Crippen LogP contribution in [0.15, 0.2) is 35.2 Å². The van der Waals surface area contributed by atoms with Crippen molar-refractivity contribution in [2.24, 2.45) is 0 Å². The number of nitrogen functional groups attached to an aromatic ring is 1. The molecule has 2 N–H and O–H groups in total. The van der Waals surface area contributed by atoms with Gasteiger partial charge in [0.2, 0.25) is 5.88 Å². The highest BCUT2D eigenvalue weighted by Crippen LogP contribution is 2.23. The number of hydrogen-bond acceptors (Lipinski definition) is 4. The lowest BCUT2D eigenvalue weighted by Crippen LogP contribution is -1.84. The van der Waals surface area contributed by atoms with Gasteiger partial charge in [-0.05, 0) is 17.7 Å². The Labute approximate surface area is 69.0 Å². The van der Waals surface area contributed by atoms with E-state index in [2.05, 4.69) is 10.1 Å². The largest absolute Gasteiger partial charge is 0.367 e. The molecule has 0 saturated heterocycles. The van der Waals surface area contributed by atoms with Crippen LogP contribution in [0.1, 0.15) is 0 Å². The molecule has 0 aliphatic rings. The summed E-state index contributed by atoms with van der Waals surface area (Å²) in [7, 11) is 0. The fourth-order valence-electron chi connectivity index (χ4n) is 0.997. The quantitative estimate of drug-likeness (QED) is 0.685. The lowest BCUT2D eigenvalue weighted by atomic mass is 10.1. The minimum absolute atomic E-state index is 0.334. The number of hydrogen-bond donors (Lipinski definition) is 1. The first-order valence-corrected chi connectivity index (χ1v) is 3.48. The minimum atomic E-state index is 0.334. The van der Waals surface area contributed by atoms with Crippen LogP contribution in [0, 0.1) is 0 Å². The summed E-state index contributed by atoms with van der Waals surface area (Å²) in [5.41, 5.74) is 7.29. The van der Waals surface area contributed by atoms with E-state index in [1.807, 2.05) is 12.1 Å². The van der Waals surface area contributed by atoms with Gasteiger partial charge in [-0.25, -0.2) is 0 Å². The van der Waals surface area contributed by atoms with Gasteiger partial charge < -0.3 is 10.3 Å². The van der Waals surface area contributed by atoms with Crippen LogP contribution in [0.5, 0.6) is 0 Å². The maximum absolute atomic E-state index is 5.52. The second-order valence-electron chi connectivity index (χ2n) is 2.34. The normalized spacial score (nSPS) is 10.0. The second-order valence-corrected chi connectivity index (χ2v) is 2.34. The van der Waals surface area contributed by atoms with E-state index in [4.69, 9.17) is 10.3 Å². The van der Waals surface area contributed by atoms with Gasteiger partial charge in [-0.15, -0.1) is 0 Å². The van der Waals surface area contributed by atoms with E-state index in [-0.39, 0.29) is 0 Å². The average molecular weight is 161 g/mol. The van der Waals surface area contributed by atoms with Crippen LogP contribution in [-0.4, -0.2) is 10.1 Å². The van der Waals surface area contributed by atoms with E-state index in [9.17, 15) is 0 Å². The number of nitrogens with zero attached hydrogens (tertiary/aromatic N) is 2. The van der Waals surface area contributed by atoms with E-state index in [0.29, 0.717) is 5.88 Å². The number of aromatic nitrogens is 2. The summed E-state index contributed by atoms with van der Waals surface area (Å²) in [6.45, 7) is 0. The van der Waals surface area contributed by atoms with Crippen molar-refractivity contribution in [2.45, 2.75) is 0 Å². The highest BCUT2D eigenvalue weighted by Gasteiger charge is 2.04. The van der Waals surface area contributed by atoms with Crippen LogP contribution in [0.3, 0.4) is 0 Å². The van der Waals surface area contributed by atoms with Crippen molar-refractivity contribution < 1.29 is 4.52 Å². The third-order valence-corrected chi connectivity index (χ3v) is 1.59. The van der Waals surface area contributed by atoms with Crippen molar-refractivity contribution in [3.8, 4) is 11.1 Å². The molecule has 0 saturated carbocycles. The lowest BCUT2D eigenvalue weighted by Gasteiger charge is -1.94. The first kappa shape index (κ1) is 6.84. The second kappa shape index (κ2) is 2.65. The first-order valence-electron chi connectivity index (χ1n) is 3.48. The van der Waals surface area contributed by atoms with E-state index in [1.165, 1.54) is 0 Å². The molecule has 0 bridgehead atoms. The molecule has 0 aliphatic carbocycles. The molecule has 0 atom stereocenters. The maximum atomic E-state index is 5.52. The Morgan fingerprint density at radius 3 is 2.58 bits per heavy atom. The Hall–Kier alpha value is -1.84. The molecule has 4 heteroatoms. The molecule has 2 aromatic heterocycles. The van der Waals surface area contributed by atoms with Crippen LogP contribution < -0.4 is 5.73 Å². The Morgan fingerprint density at radius 2 is 2.00 bits per heavy atom. The fraction of sp³-hybridized carbons (Fsp3) is 0. The molecule has 0 fully saturated rings. The van der Waals surface area contributed by atoms with Crippen molar-refractivity contribution >= 4 is 5.88 Å². The van der Waals surface area contributed by atoms with Gasteiger partial charge in [0.05, 0.1) is 11.8 Å². The topological polar surface area (TPSA) is 64.9 Å². The monoisotopic (exact) mass is 161 g/mol. The lowest BCUT2D eigenvalue weighted by molar-refractivity contribution is 0.436. The summed E-state index contributed by atoms with van der Waals surface area (Å²) in [6.07, 6.45) is 4.98. The van der Waals surface area contributed by atoms with Crippen LogP contribution in [-0.2, 0) is 0 Å². The number of nitrogens with two attached hydrogens (primary N) is 1. The third kappa shape index (κ3) is 1.03. The third-order valence-electron chi connectivity index (χ3n) is 1.59. The molecular formula is C8H7N3O. The average Bonchev–Trinajstić information content (AvgIpc) is 2.53. The Bertz CT molecular complexity index is 369. The summed E-state index contributed by atoms with van der Waals surface area (Å²) in [5.74, 6) is 0.334. The van der Waals surface area contributed by atoms with Gasteiger partial charge in [0, 0.05) is 12.4 Å². The molecule has 60 valence electrons. The van der Waals surface area contributed by atoms with Crippen molar-refractivity contribution in [3.63, 3.8) is 0 Å². The molecule has 2 aromatic rings. The molecule has 0 aliphatic heterocycles. The van der Waals surface area contributed by atoms with Gasteiger partial charge in [0.25, 0.3) is 0 Å². The molecule has 0 amide bonds. The molecule has 12 heavy (non-hydrogen) atoms. The molecular weight excluding hydrogens is 154 g/mol. The Balaban J connectivity index is 2.51. The SMILES string of the molecule is Nc1oncc1-c1ccncc1. The zero-order valence-electron chi connectivity index (χ0n) is 6.27. The van der Waals surface area contributed by atoms with Crippen molar-refractivity contribution in [3.05, 3.63) is 30.7 Å². The van der Waals surface area contributed by atoms with E-state index in [1.54, 1.807) is 18.6 Å².